The van der Waals surface area contributed by atoms with Gasteiger partial charge >= 0.3 is 12.0 Å². The Kier molecular flexibility index (Phi) is 8.91. The van der Waals surface area contributed by atoms with Crippen molar-refractivity contribution in [3.8, 4) is 5.75 Å². The lowest BCUT2D eigenvalue weighted by Gasteiger charge is -2.36. The van der Waals surface area contributed by atoms with Crippen LogP contribution in [0, 0.1) is 6.92 Å². The van der Waals surface area contributed by atoms with E-state index in [0.717, 1.165) is 11.1 Å². The van der Waals surface area contributed by atoms with Crippen molar-refractivity contribution in [2.45, 2.75) is 25.8 Å². The summed E-state index contributed by atoms with van der Waals surface area (Å²) < 4.78 is 5.53. The summed E-state index contributed by atoms with van der Waals surface area (Å²) in [5, 5.41) is 14.7. The Morgan fingerprint density at radius 3 is 2.33 bits per heavy atom. The number of carboxylic acids is 1. The first-order valence-corrected chi connectivity index (χ1v) is 14.2. The minimum absolute atomic E-state index is 0.0244. The Hall–Kier alpha value is -4.90. The number of aryl methyl sites for hydroxylation is 1. The Morgan fingerprint density at radius 1 is 0.907 bits per heavy atom. The Morgan fingerprint density at radius 2 is 1.60 bits per heavy atom. The second-order valence-electron chi connectivity index (χ2n) is 10.7. The van der Waals surface area contributed by atoms with Gasteiger partial charge in [-0.25, -0.2) is 4.79 Å². The Labute approximate surface area is 250 Å². The van der Waals surface area contributed by atoms with Gasteiger partial charge in [0, 0.05) is 44.0 Å². The number of nitrogens with one attached hydrogen (secondary N) is 2. The summed E-state index contributed by atoms with van der Waals surface area (Å²) in [6.45, 7) is 3.59. The van der Waals surface area contributed by atoms with E-state index in [1.807, 2.05) is 55.5 Å². The lowest BCUT2D eigenvalue weighted by atomic mass is 10.1. The van der Waals surface area contributed by atoms with Gasteiger partial charge in [0.1, 0.15) is 11.8 Å². The third kappa shape index (κ3) is 6.78. The highest BCUT2D eigenvalue weighted by atomic mass is 16.5. The molecule has 2 heterocycles. The molecular weight excluding hydrogens is 550 g/mol. The predicted octanol–water partition coefficient (Wildman–Crippen LogP) is 3.38. The first kappa shape index (κ1) is 29.6. The monoisotopic (exact) mass is 585 g/mol. The summed E-state index contributed by atoms with van der Waals surface area (Å²) in [6, 6.07) is 19.0. The topological polar surface area (TPSA) is 132 Å². The summed E-state index contributed by atoms with van der Waals surface area (Å²) in [5.41, 5.74) is 4.39. The standard InChI is InChI=1S/C32H35N5O6/c1-21-7-3-5-9-24(21)33-32(42)34-25-12-11-22(17-28(25)43-2)18-29(38)37-26-10-6-4-8-23(26)19-27(37)31(41)36-15-13-35(14-16-36)20-30(39)40/h3-12,17,27H,13-16,18-20H2,1-2H3,(H,39,40)(H2,33,34,42)/t27-/m0/s1. The number of hydrogen-bond acceptors (Lipinski definition) is 6. The van der Waals surface area contributed by atoms with Crippen LogP contribution in [0.4, 0.5) is 21.9 Å². The van der Waals surface area contributed by atoms with Crippen molar-refractivity contribution in [3.63, 3.8) is 0 Å². The minimum atomic E-state index is -0.895. The van der Waals surface area contributed by atoms with E-state index in [4.69, 9.17) is 9.84 Å². The summed E-state index contributed by atoms with van der Waals surface area (Å²) in [5.74, 6) is -0.864. The zero-order valence-corrected chi connectivity index (χ0v) is 24.2. The van der Waals surface area contributed by atoms with E-state index in [9.17, 15) is 19.2 Å². The van der Waals surface area contributed by atoms with Crippen LogP contribution in [0.5, 0.6) is 5.75 Å². The number of methoxy groups -OCH3 is 1. The van der Waals surface area contributed by atoms with Gasteiger partial charge in [0.2, 0.25) is 11.8 Å². The van der Waals surface area contributed by atoms with E-state index in [1.165, 1.54) is 7.11 Å². The lowest BCUT2D eigenvalue weighted by Crippen LogP contribution is -2.56. The molecule has 1 fully saturated rings. The number of carbonyl (C=O) groups is 4. The van der Waals surface area contributed by atoms with Crippen LogP contribution in [-0.4, -0.2) is 84.6 Å². The molecule has 3 aromatic carbocycles. The third-order valence-electron chi connectivity index (χ3n) is 7.84. The summed E-state index contributed by atoms with van der Waals surface area (Å²) in [4.78, 5) is 56.3. The molecule has 11 nitrogen and oxygen atoms in total. The number of benzene rings is 3. The molecule has 0 aliphatic carbocycles. The number of anilines is 3. The third-order valence-corrected chi connectivity index (χ3v) is 7.84. The molecule has 11 heteroatoms. The summed E-state index contributed by atoms with van der Waals surface area (Å²) >= 11 is 0. The molecule has 0 spiro atoms. The van der Waals surface area contributed by atoms with Crippen LogP contribution in [0.1, 0.15) is 16.7 Å². The maximum atomic E-state index is 13.8. The van der Waals surface area contributed by atoms with Gasteiger partial charge in [0.05, 0.1) is 25.8 Å². The molecule has 0 saturated carbocycles. The van der Waals surface area contributed by atoms with Gasteiger partial charge in [-0.15, -0.1) is 0 Å². The van der Waals surface area contributed by atoms with E-state index in [2.05, 4.69) is 10.6 Å². The van der Waals surface area contributed by atoms with Gasteiger partial charge in [-0.05, 0) is 47.9 Å². The smallest absolute Gasteiger partial charge is 0.323 e. The summed E-state index contributed by atoms with van der Waals surface area (Å²) in [6.07, 6.45) is 0.439. The highest BCUT2D eigenvalue weighted by Gasteiger charge is 2.40. The van der Waals surface area contributed by atoms with Crippen molar-refractivity contribution in [2.24, 2.45) is 0 Å². The quantitative estimate of drug-likeness (QED) is 0.369. The molecule has 224 valence electrons. The van der Waals surface area contributed by atoms with Gasteiger partial charge in [0.15, 0.2) is 0 Å². The number of hydrogen-bond donors (Lipinski definition) is 3. The minimum Gasteiger partial charge on any atom is -0.495 e. The number of carbonyl (C=O) groups excluding carboxylic acids is 3. The van der Waals surface area contributed by atoms with Crippen molar-refractivity contribution >= 4 is 40.9 Å². The van der Waals surface area contributed by atoms with Gasteiger partial charge in [0.25, 0.3) is 0 Å². The average molecular weight is 586 g/mol. The first-order chi connectivity index (χ1) is 20.7. The molecule has 1 saturated heterocycles. The fourth-order valence-corrected chi connectivity index (χ4v) is 5.62. The fourth-order valence-electron chi connectivity index (χ4n) is 5.62. The predicted molar refractivity (Wildman–Crippen MR) is 163 cm³/mol. The van der Waals surface area contributed by atoms with Crippen molar-refractivity contribution in [1.29, 1.82) is 0 Å². The number of piperazine rings is 1. The number of ether oxygens (including phenoxy) is 1. The molecule has 0 unspecified atom stereocenters. The highest BCUT2D eigenvalue weighted by Crippen LogP contribution is 2.34. The maximum Gasteiger partial charge on any atom is 0.323 e. The number of aliphatic carboxylic acids is 1. The van der Waals surface area contributed by atoms with Crippen LogP contribution in [0.3, 0.4) is 0 Å². The van der Waals surface area contributed by atoms with E-state index in [1.54, 1.807) is 32.9 Å². The maximum absolute atomic E-state index is 13.8. The summed E-state index contributed by atoms with van der Waals surface area (Å²) in [7, 11) is 1.49. The second-order valence-corrected chi connectivity index (χ2v) is 10.7. The van der Waals surface area contributed by atoms with Crippen LogP contribution in [-0.2, 0) is 27.2 Å². The van der Waals surface area contributed by atoms with Crippen LogP contribution in [0.15, 0.2) is 66.7 Å². The SMILES string of the molecule is COc1cc(CC(=O)N2c3ccccc3C[C@H]2C(=O)N2CCN(CC(=O)O)CC2)ccc1NC(=O)Nc1ccccc1C. The molecule has 4 amide bonds. The molecule has 0 radical (unpaired) electrons. The Bertz CT molecular complexity index is 1530. The molecule has 2 aliphatic rings. The second kappa shape index (κ2) is 13.0. The number of amides is 4. The van der Waals surface area contributed by atoms with Gasteiger partial charge in [-0.2, -0.15) is 0 Å². The number of nitrogens with zero attached hydrogens (tertiary/aromatic N) is 3. The highest BCUT2D eigenvalue weighted by molar-refractivity contribution is 6.04. The largest absolute Gasteiger partial charge is 0.495 e. The van der Waals surface area contributed by atoms with Crippen molar-refractivity contribution in [2.75, 3.05) is 55.4 Å². The van der Waals surface area contributed by atoms with E-state index in [-0.39, 0.29) is 24.8 Å². The van der Waals surface area contributed by atoms with Crippen molar-refractivity contribution in [3.05, 3.63) is 83.4 Å². The van der Waals surface area contributed by atoms with Crippen molar-refractivity contribution in [1.82, 2.24) is 9.80 Å². The van der Waals surface area contributed by atoms with E-state index >= 15 is 0 Å². The number of para-hydroxylation sites is 2. The molecule has 3 N–H and O–H groups in total. The zero-order chi connectivity index (χ0) is 30.5. The molecule has 0 bridgehead atoms. The molecule has 0 aromatic heterocycles. The number of fused-ring (bicyclic) bond motifs is 1. The van der Waals surface area contributed by atoms with Gasteiger partial charge in [-0.3, -0.25) is 24.2 Å². The zero-order valence-electron chi connectivity index (χ0n) is 24.2. The van der Waals surface area contributed by atoms with E-state index in [0.29, 0.717) is 61.0 Å². The molecular formula is C32H35N5O6. The van der Waals surface area contributed by atoms with Crippen molar-refractivity contribution < 1.29 is 29.0 Å². The Balaban J connectivity index is 1.29. The van der Waals surface area contributed by atoms with Gasteiger partial charge in [-0.1, -0.05) is 42.5 Å². The van der Waals surface area contributed by atoms with Crippen LogP contribution in [0.2, 0.25) is 0 Å². The normalized spacial score (nSPS) is 16.4. The average Bonchev–Trinajstić information content (AvgIpc) is 3.39. The first-order valence-electron chi connectivity index (χ1n) is 14.2. The molecule has 2 aliphatic heterocycles. The molecule has 3 aromatic rings. The molecule has 1 atom stereocenters. The molecule has 43 heavy (non-hydrogen) atoms. The van der Waals surface area contributed by atoms with Crippen LogP contribution < -0.4 is 20.3 Å². The van der Waals surface area contributed by atoms with Crippen LogP contribution >= 0.6 is 0 Å². The fraction of sp³-hybridized carbons (Fsp3) is 0.312. The lowest BCUT2D eigenvalue weighted by molar-refractivity contribution is -0.140. The molecule has 5 rings (SSSR count). The van der Waals surface area contributed by atoms with Gasteiger partial charge < -0.3 is 25.4 Å². The van der Waals surface area contributed by atoms with Crippen LogP contribution in [0.25, 0.3) is 0 Å². The number of urea groups is 1. The number of rotatable bonds is 8. The van der Waals surface area contributed by atoms with E-state index < -0.39 is 18.0 Å². The number of carboxylic acid groups (broad SMARTS) is 1.